The molecule has 1 aliphatic heterocycles. The first-order valence-electron chi connectivity index (χ1n) is 6.24. The minimum absolute atomic E-state index is 0.0815. The summed E-state index contributed by atoms with van der Waals surface area (Å²) in [7, 11) is -3.57. The van der Waals surface area contributed by atoms with Crippen LogP contribution >= 0.6 is 11.6 Å². The number of aryl methyl sites for hydroxylation is 2. The molecule has 20 heavy (non-hydrogen) atoms. The second-order valence-corrected chi connectivity index (χ2v) is 7.47. The van der Waals surface area contributed by atoms with Gasteiger partial charge in [0.25, 0.3) is 0 Å². The lowest BCUT2D eigenvalue weighted by molar-refractivity contribution is 0.604. The first-order chi connectivity index (χ1) is 9.41. The van der Waals surface area contributed by atoms with E-state index in [4.69, 9.17) is 11.6 Å². The average molecular weight is 305 g/mol. The molecule has 0 spiro atoms. The molecule has 102 valence electrons. The van der Waals surface area contributed by atoms with Gasteiger partial charge in [-0.2, -0.15) is 0 Å². The fraction of sp³-hybridized carbons (Fsp3) is 0.125. The van der Waals surface area contributed by atoms with Gasteiger partial charge in [-0.05, 0) is 31.0 Å². The predicted octanol–water partition coefficient (Wildman–Crippen LogP) is 4.05. The van der Waals surface area contributed by atoms with Gasteiger partial charge in [-0.15, -0.1) is 0 Å². The molecule has 0 N–H and O–H groups in total. The average Bonchev–Trinajstić information content (AvgIpc) is 2.60. The highest BCUT2D eigenvalue weighted by Crippen LogP contribution is 2.44. The Labute approximate surface area is 123 Å². The van der Waals surface area contributed by atoms with Crippen LogP contribution in [0.3, 0.4) is 0 Å². The van der Waals surface area contributed by atoms with Gasteiger partial charge in [-0.1, -0.05) is 53.6 Å². The van der Waals surface area contributed by atoms with E-state index in [2.05, 4.69) is 0 Å². The maximum Gasteiger partial charge on any atom is 0.218 e. The predicted molar refractivity (Wildman–Crippen MR) is 81.4 cm³/mol. The molecule has 2 aromatic rings. The Balaban J connectivity index is 2.32. The van der Waals surface area contributed by atoms with Crippen molar-refractivity contribution < 1.29 is 8.42 Å². The lowest BCUT2D eigenvalue weighted by Gasteiger charge is -2.06. The van der Waals surface area contributed by atoms with Crippen LogP contribution < -0.4 is 0 Å². The second kappa shape index (κ2) is 4.47. The molecule has 0 amide bonds. The van der Waals surface area contributed by atoms with Crippen LogP contribution in [-0.2, 0) is 9.84 Å². The largest absolute Gasteiger partial charge is 0.218 e. The zero-order chi connectivity index (χ0) is 14.5. The number of rotatable bonds is 1. The molecular weight excluding hydrogens is 292 g/mol. The van der Waals surface area contributed by atoms with Gasteiger partial charge in [0, 0.05) is 11.1 Å². The zero-order valence-corrected chi connectivity index (χ0v) is 12.7. The van der Waals surface area contributed by atoms with E-state index < -0.39 is 9.84 Å². The van der Waals surface area contributed by atoms with Crippen molar-refractivity contribution in [2.24, 2.45) is 0 Å². The van der Waals surface area contributed by atoms with Gasteiger partial charge in [0.05, 0.1) is 4.90 Å². The maximum absolute atomic E-state index is 12.4. The van der Waals surface area contributed by atoms with Crippen LogP contribution in [0.2, 0.25) is 0 Å². The Morgan fingerprint density at radius 1 is 0.900 bits per heavy atom. The molecule has 3 rings (SSSR count). The highest BCUT2D eigenvalue weighted by atomic mass is 35.5. The highest BCUT2D eigenvalue weighted by molar-refractivity contribution is 7.97. The summed E-state index contributed by atoms with van der Waals surface area (Å²) in [6, 6.07) is 13.1. The Bertz CT molecular complexity index is 831. The topological polar surface area (TPSA) is 34.1 Å². The molecule has 0 atom stereocenters. The van der Waals surface area contributed by atoms with Gasteiger partial charge in [0.1, 0.15) is 4.36 Å². The van der Waals surface area contributed by atoms with Crippen LogP contribution in [0.15, 0.2) is 51.7 Å². The van der Waals surface area contributed by atoms with E-state index in [0.717, 1.165) is 16.7 Å². The van der Waals surface area contributed by atoms with Crippen LogP contribution in [0, 0.1) is 13.8 Å². The van der Waals surface area contributed by atoms with Crippen LogP contribution in [0.4, 0.5) is 0 Å². The zero-order valence-electron chi connectivity index (χ0n) is 11.1. The quantitative estimate of drug-likeness (QED) is 0.796. The molecule has 1 aliphatic rings. The third-order valence-electron chi connectivity index (χ3n) is 3.47. The molecule has 0 saturated carbocycles. The first kappa shape index (κ1) is 13.4. The normalized spacial score (nSPS) is 16.4. The summed E-state index contributed by atoms with van der Waals surface area (Å²) >= 11 is 6.15. The molecule has 0 saturated heterocycles. The van der Waals surface area contributed by atoms with Crippen molar-refractivity contribution >= 4 is 27.0 Å². The number of halogens is 1. The van der Waals surface area contributed by atoms with Gasteiger partial charge in [0.15, 0.2) is 0 Å². The van der Waals surface area contributed by atoms with Crippen LogP contribution in [-0.4, -0.2) is 8.42 Å². The Morgan fingerprint density at radius 3 is 2.15 bits per heavy atom. The fourth-order valence-electron chi connectivity index (χ4n) is 2.38. The van der Waals surface area contributed by atoms with Gasteiger partial charge >= 0.3 is 0 Å². The van der Waals surface area contributed by atoms with Gasteiger partial charge < -0.3 is 0 Å². The van der Waals surface area contributed by atoms with E-state index in [-0.39, 0.29) is 4.36 Å². The smallest absolute Gasteiger partial charge is 0.218 e. The van der Waals surface area contributed by atoms with E-state index in [1.165, 1.54) is 0 Å². The van der Waals surface area contributed by atoms with E-state index in [1.807, 2.05) is 50.2 Å². The Hall–Kier alpha value is -1.58. The SMILES string of the molecule is Cc1ccc(C2=C(Cl)S(=O)(=O)c3cc(C)ccc32)cc1. The molecule has 0 unspecified atom stereocenters. The molecule has 0 aliphatic carbocycles. The molecule has 4 heteroatoms. The van der Waals surface area contributed by atoms with Crippen molar-refractivity contribution in [2.45, 2.75) is 18.7 Å². The van der Waals surface area contributed by atoms with Crippen molar-refractivity contribution in [3.05, 3.63) is 69.1 Å². The third kappa shape index (κ3) is 1.89. The number of hydrogen-bond donors (Lipinski definition) is 0. The minimum Gasteiger partial charge on any atom is -0.218 e. The number of benzene rings is 2. The van der Waals surface area contributed by atoms with Gasteiger partial charge in [-0.25, -0.2) is 8.42 Å². The molecule has 1 heterocycles. The van der Waals surface area contributed by atoms with Crippen molar-refractivity contribution in [2.75, 3.05) is 0 Å². The van der Waals surface area contributed by atoms with Crippen LogP contribution in [0.5, 0.6) is 0 Å². The summed E-state index contributed by atoms with van der Waals surface area (Å²) in [5.74, 6) is 0. The number of fused-ring (bicyclic) bond motifs is 1. The van der Waals surface area contributed by atoms with Crippen LogP contribution in [0.1, 0.15) is 22.3 Å². The Morgan fingerprint density at radius 2 is 1.50 bits per heavy atom. The van der Waals surface area contributed by atoms with E-state index in [9.17, 15) is 8.42 Å². The summed E-state index contributed by atoms with van der Waals surface area (Å²) in [4.78, 5) is 0.304. The summed E-state index contributed by atoms with van der Waals surface area (Å²) < 4.78 is 24.7. The van der Waals surface area contributed by atoms with Gasteiger partial charge in [-0.3, -0.25) is 0 Å². The highest BCUT2D eigenvalue weighted by Gasteiger charge is 2.35. The van der Waals surface area contributed by atoms with Crippen molar-refractivity contribution in [3.63, 3.8) is 0 Å². The third-order valence-corrected chi connectivity index (χ3v) is 5.86. The fourth-order valence-corrected chi connectivity index (χ4v) is 4.33. The molecule has 0 aromatic heterocycles. The number of sulfone groups is 1. The summed E-state index contributed by atoms with van der Waals surface area (Å²) in [5, 5.41) is 0. The lowest BCUT2D eigenvalue weighted by Crippen LogP contribution is -1.96. The molecule has 0 bridgehead atoms. The molecular formula is C16H13ClO2S. The molecule has 2 nitrogen and oxygen atoms in total. The monoisotopic (exact) mass is 304 g/mol. The van der Waals surface area contributed by atoms with E-state index in [1.54, 1.807) is 6.07 Å². The maximum atomic E-state index is 12.4. The first-order valence-corrected chi connectivity index (χ1v) is 8.10. The Kier molecular flexibility index (Phi) is 3.00. The molecule has 0 fully saturated rings. The second-order valence-electron chi connectivity index (χ2n) is 5.02. The minimum atomic E-state index is -3.57. The van der Waals surface area contributed by atoms with Crippen molar-refractivity contribution in [1.82, 2.24) is 0 Å². The number of hydrogen-bond acceptors (Lipinski definition) is 2. The van der Waals surface area contributed by atoms with Gasteiger partial charge in [0.2, 0.25) is 9.84 Å². The van der Waals surface area contributed by atoms with Crippen molar-refractivity contribution in [1.29, 1.82) is 0 Å². The standard InChI is InChI=1S/C16H13ClO2S/c1-10-3-6-12(7-4-10)15-13-8-5-11(2)9-14(13)20(18,19)16(15)17/h3-9H,1-2H3. The molecule has 0 radical (unpaired) electrons. The molecule has 2 aromatic carbocycles. The van der Waals surface area contributed by atoms with Crippen LogP contribution in [0.25, 0.3) is 5.57 Å². The summed E-state index contributed by atoms with van der Waals surface area (Å²) in [6.07, 6.45) is 0. The van der Waals surface area contributed by atoms with E-state index >= 15 is 0 Å². The van der Waals surface area contributed by atoms with Crippen molar-refractivity contribution in [3.8, 4) is 0 Å². The summed E-state index contributed by atoms with van der Waals surface area (Å²) in [5.41, 5.74) is 4.13. The summed E-state index contributed by atoms with van der Waals surface area (Å²) in [6.45, 7) is 3.86. The van der Waals surface area contributed by atoms with E-state index in [0.29, 0.717) is 16.0 Å². The lowest BCUT2D eigenvalue weighted by atomic mass is 9.98.